The maximum Gasteiger partial charge on any atom is 0.333 e. The van der Waals surface area contributed by atoms with E-state index in [1.165, 1.54) is 13.8 Å². The van der Waals surface area contributed by atoms with Crippen molar-refractivity contribution in [1.29, 1.82) is 0 Å². The van der Waals surface area contributed by atoms with Crippen molar-refractivity contribution in [1.82, 2.24) is 0 Å². The number of esters is 2. The maximum absolute atomic E-state index is 11.4. The minimum absolute atomic E-state index is 0.138. The first-order valence-corrected chi connectivity index (χ1v) is 18.8. The molecule has 4 rings (SSSR count). The van der Waals surface area contributed by atoms with Crippen LogP contribution in [0, 0.1) is 0 Å². The van der Waals surface area contributed by atoms with E-state index in [-0.39, 0.29) is 43.0 Å². The van der Waals surface area contributed by atoms with Crippen LogP contribution < -0.4 is 9.47 Å². The highest BCUT2D eigenvalue weighted by atomic mass is 16.7. The Bertz CT molecular complexity index is 1770. The molecular formula is C49H60O11. The van der Waals surface area contributed by atoms with Crippen LogP contribution in [0.4, 0.5) is 0 Å². The lowest BCUT2D eigenvalue weighted by molar-refractivity contribution is -0.144. The third kappa shape index (κ3) is 25.5. The van der Waals surface area contributed by atoms with E-state index < -0.39 is 30.2 Å². The van der Waals surface area contributed by atoms with Crippen LogP contribution in [-0.2, 0) is 38.8 Å². The van der Waals surface area contributed by atoms with Gasteiger partial charge >= 0.3 is 23.9 Å². The van der Waals surface area contributed by atoms with Gasteiger partial charge in [0.2, 0.25) is 0 Å². The highest BCUT2D eigenvalue weighted by Crippen LogP contribution is 2.33. The first-order valence-electron chi connectivity index (χ1n) is 18.8. The molecule has 0 saturated carbocycles. The Labute approximate surface area is 355 Å². The topological polar surface area (TPSA) is 155 Å². The molecule has 11 nitrogen and oxygen atoms in total. The highest BCUT2D eigenvalue weighted by molar-refractivity contribution is 5.87. The SMILES string of the molecule is C=C(C)C(=O)O.C=C(C)C(=O)O.C=C(C)C(=O)OCCOc1ccc(C(C)(C)c2ccc(OC(C)OCCOC(=O)C(=C)C)cc2)cc1.c1ccccc1.c1ccccc1. The van der Waals surface area contributed by atoms with Gasteiger partial charge in [0.15, 0.2) is 6.29 Å². The van der Waals surface area contributed by atoms with Gasteiger partial charge in [-0.25, -0.2) is 19.2 Å². The molecule has 11 heteroatoms. The van der Waals surface area contributed by atoms with Crippen LogP contribution in [0.25, 0.3) is 0 Å². The van der Waals surface area contributed by atoms with Crippen LogP contribution in [0.5, 0.6) is 11.5 Å². The molecule has 0 amide bonds. The molecule has 60 heavy (non-hydrogen) atoms. The van der Waals surface area contributed by atoms with Gasteiger partial charge in [-0.05, 0) is 70.0 Å². The molecular weight excluding hydrogens is 765 g/mol. The van der Waals surface area contributed by atoms with Crippen LogP contribution in [0.3, 0.4) is 0 Å². The van der Waals surface area contributed by atoms with Crippen molar-refractivity contribution in [2.24, 2.45) is 0 Å². The summed E-state index contributed by atoms with van der Waals surface area (Å²) in [7, 11) is 0. The number of hydrogen-bond donors (Lipinski definition) is 2. The van der Waals surface area contributed by atoms with Gasteiger partial charge in [0.05, 0.1) is 6.61 Å². The average Bonchev–Trinajstić information content (AvgIpc) is 3.23. The van der Waals surface area contributed by atoms with E-state index in [0.717, 1.165) is 11.1 Å². The van der Waals surface area contributed by atoms with E-state index in [2.05, 4.69) is 40.2 Å². The first kappa shape index (κ1) is 53.3. The predicted octanol–water partition coefficient (Wildman–Crippen LogP) is 10.0. The zero-order valence-electron chi connectivity index (χ0n) is 35.8. The highest BCUT2D eigenvalue weighted by Gasteiger charge is 2.23. The maximum atomic E-state index is 11.4. The molecule has 0 saturated heterocycles. The second-order valence-corrected chi connectivity index (χ2v) is 13.4. The van der Waals surface area contributed by atoms with Crippen LogP contribution in [-0.4, -0.2) is 66.8 Å². The molecule has 0 aliphatic carbocycles. The Morgan fingerprint density at radius 3 is 1.12 bits per heavy atom. The number of carboxylic acids is 2. The lowest BCUT2D eigenvalue weighted by Gasteiger charge is -2.26. The second-order valence-electron chi connectivity index (χ2n) is 13.4. The molecule has 1 atom stereocenters. The van der Waals surface area contributed by atoms with Crippen molar-refractivity contribution in [3.8, 4) is 11.5 Å². The normalized spacial score (nSPS) is 10.2. The fraction of sp³-hybridized carbons (Fsp3) is 0.265. The first-order chi connectivity index (χ1) is 28.3. The van der Waals surface area contributed by atoms with Gasteiger partial charge in [0.1, 0.15) is 31.3 Å². The van der Waals surface area contributed by atoms with E-state index in [1.807, 2.05) is 121 Å². The summed E-state index contributed by atoms with van der Waals surface area (Å²) in [5.74, 6) is -1.35. The smallest absolute Gasteiger partial charge is 0.333 e. The van der Waals surface area contributed by atoms with Crippen molar-refractivity contribution in [3.63, 3.8) is 0 Å². The molecule has 322 valence electrons. The molecule has 0 heterocycles. The zero-order chi connectivity index (χ0) is 45.5. The second kappa shape index (κ2) is 30.4. The van der Waals surface area contributed by atoms with Gasteiger partial charge in [-0.2, -0.15) is 0 Å². The molecule has 4 aromatic carbocycles. The lowest BCUT2D eigenvalue weighted by atomic mass is 9.78. The minimum atomic E-state index is -0.935. The van der Waals surface area contributed by atoms with Gasteiger partial charge in [-0.1, -0.05) is 137 Å². The Kier molecular flexibility index (Phi) is 27.0. The molecule has 4 aromatic rings. The van der Waals surface area contributed by atoms with E-state index in [9.17, 15) is 19.2 Å². The summed E-state index contributed by atoms with van der Waals surface area (Å²) in [6.45, 7) is 26.4. The van der Waals surface area contributed by atoms with Gasteiger partial charge in [0, 0.05) is 27.7 Å². The van der Waals surface area contributed by atoms with E-state index >= 15 is 0 Å². The number of carbonyl (C=O) groups excluding carboxylic acids is 2. The summed E-state index contributed by atoms with van der Waals surface area (Å²) >= 11 is 0. The van der Waals surface area contributed by atoms with Crippen molar-refractivity contribution in [3.05, 3.63) is 181 Å². The summed E-state index contributed by atoms with van der Waals surface area (Å²) in [4.78, 5) is 42.0. The van der Waals surface area contributed by atoms with Gasteiger partial charge in [-0.3, -0.25) is 0 Å². The monoisotopic (exact) mass is 824 g/mol. The number of ether oxygens (including phenoxy) is 5. The van der Waals surface area contributed by atoms with Crippen molar-refractivity contribution >= 4 is 23.9 Å². The average molecular weight is 825 g/mol. The molecule has 2 N–H and O–H groups in total. The largest absolute Gasteiger partial charge is 0.490 e. The number of carboxylic acid groups (broad SMARTS) is 2. The third-order valence-corrected chi connectivity index (χ3v) is 7.47. The molecule has 1 unspecified atom stereocenters. The summed E-state index contributed by atoms with van der Waals surface area (Å²) in [6.07, 6.45) is -0.496. The van der Waals surface area contributed by atoms with Crippen LogP contribution in [0.1, 0.15) is 59.6 Å². The van der Waals surface area contributed by atoms with Gasteiger partial charge < -0.3 is 33.9 Å². The Morgan fingerprint density at radius 1 is 0.517 bits per heavy atom. The summed E-state index contributed by atoms with van der Waals surface area (Å²) in [5, 5.41) is 15.8. The molecule has 0 aromatic heterocycles. The standard InChI is InChI=1S/C29H36O7.2C6H6.2C4H6O2/c1-20(2)27(30)34-18-16-32-22(5)36-26-14-10-24(11-15-26)29(6,7)23-8-12-25(13-9-23)33-17-19-35-28(31)21(3)4;2*1-2-4-6-5-3-1;2*1-3(2)4(5)6/h8-15,22H,1,3,16-19H2,2,4-7H3;2*1-6H;2*1H2,2H3,(H,5,6). The van der Waals surface area contributed by atoms with Crippen LogP contribution in [0.2, 0.25) is 0 Å². The zero-order valence-corrected chi connectivity index (χ0v) is 35.8. The number of hydrogen-bond acceptors (Lipinski definition) is 9. The van der Waals surface area contributed by atoms with Crippen LogP contribution in [0.15, 0.2) is 170 Å². The number of carbonyl (C=O) groups is 4. The van der Waals surface area contributed by atoms with E-state index in [1.54, 1.807) is 20.8 Å². The molecule has 0 aliphatic heterocycles. The quantitative estimate of drug-likeness (QED) is 0.0480. The minimum Gasteiger partial charge on any atom is -0.490 e. The number of rotatable bonds is 16. The Balaban J connectivity index is 0.00000115. The number of aliphatic carboxylic acids is 2. The lowest BCUT2D eigenvalue weighted by Crippen LogP contribution is -2.21. The number of benzene rings is 4. The van der Waals surface area contributed by atoms with Crippen molar-refractivity contribution < 1.29 is 53.1 Å². The molecule has 0 fully saturated rings. The third-order valence-electron chi connectivity index (χ3n) is 7.47. The van der Waals surface area contributed by atoms with Crippen LogP contribution >= 0.6 is 0 Å². The molecule has 0 bridgehead atoms. The summed E-state index contributed by atoms with van der Waals surface area (Å²) in [5.41, 5.74) is 3.07. The molecule has 0 aliphatic rings. The Morgan fingerprint density at radius 2 is 0.817 bits per heavy atom. The van der Waals surface area contributed by atoms with E-state index in [0.29, 0.717) is 22.6 Å². The summed E-state index contributed by atoms with van der Waals surface area (Å²) in [6, 6.07) is 39.7. The Hall–Kier alpha value is -6.72. The van der Waals surface area contributed by atoms with E-state index in [4.69, 9.17) is 33.9 Å². The predicted molar refractivity (Wildman–Crippen MR) is 236 cm³/mol. The van der Waals surface area contributed by atoms with Crippen molar-refractivity contribution in [2.75, 3.05) is 26.4 Å². The van der Waals surface area contributed by atoms with Gasteiger partial charge in [0.25, 0.3) is 0 Å². The molecule has 0 radical (unpaired) electrons. The molecule has 0 spiro atoms. The van der Waals surface area contributed by atoms with Gasteiger partial charge in [-0.15, -0.1) is 0 Å². The summed E-state index contributed by atoms with van der Waals surface area (Å²) < 4.78 is 27.0. The fourth-order valence-electron chi connectivity index (χ4n) is 3.97. The van der Waals surface area contributed by atoms with Crippen molar-refractivity contribution in [2.45, 2.75) is 60.2 Å². The fourth-order valence-corrected chi connectivity index (χ4v) is 3.97.